The SMILES string of the molecule is Cc1occc1C(=O)N1CC[C@H]2C[C@H](C)O[C@@H]2C1. The molecular formula is C14H19NO3. The van der Waals surface area contributed by atoms with Crippen LogP contribution in [0.25, 0.3) is 0 Å². The Morgan fingerprint density at radius 3 is 3.06 bits per heavy atom. The Labute approximate surface area is 107 Å². The van der Waals surface area contributed by atoms with E-state index in [1.54, 1.807) is 12.3 Å². The molecule has 4 nitrogen and oxygen atoms in total. The minimum Gasteiger partial charge on any atom is -0.469 e. The summed E-state index contributed by atoms with van der Waals surface area (Å²) in [6, 6.07) is 1.75. The Bertz CT molecular complexity index is 454. The Kier molecular flexibility index (Phi) is 2.90. The molecule has 2 aliphatic rings. The van der Waals surface area contributed by atoms with Gasteiger partial charge in [-0.15, -0.1) is 0 Å². The van der Waals surface area contributed by atoms with Crippen LogP contribution in [-0.4, -0.2) is 36.1 Å². The van der Waals surface area contributed by atoms with Crippen molar-refractivity contribution < 1.29 is 13.9 Å². The van der Waals surface area contributed by atoms with Crippen LogP contribution in [-0.2, 0) is 4.74 Å². The lowest BCUT2D eigenvalue weighted by atomic mass is 9.92. The van der Waals surface area contributed by atoms with Gasteiger partial charge in [0.05, 0.1) is 24.0 Å². The maximum atomic E-state index is 12.4. The Balaban J connectivity index is 1.71. The van der Waals surface area contributed by atoms with E-state index >= 15 is 0 Å². The fraction of sp³-hybridized carbons (Fsp3) is 0.643. The average molecular weight is 249 g/mol. The van der Waals surface area contributed by atoms with E-state index in [4.69, 9.17) is 9.15 Å². The molecule has 2 fully saturated rings. The van der Waals surface area contributed by atoms with Gasteiger partial charge in [-0.3, -0.25) is 4.79 Å². The Morgan fingerprint density at radius 1 is 1.50 bits per heavy atom. The van der Waals surface area contributed by atoms with Crippen LogP contribution in [0.1, 0.15) is 35.9 Å². The zero-order valence-corrected chi connectivity index (χ0v) is 10.9. The summed E-state index contributed by atoms with van der Waals surface area (Å²) >= 11 is 0. The van der Waals surface area contributed by atoms with Gasteiger partial charge in [0.15, 0.2) is 0 Å². The monoisotopic (exact) mass is 249 g/mol. The summed E-state index contributed by atoms with van der Waals surface area (Å²) in [5.74, 6) is 1.40. The number of fused-ring (bicyclic) bond motifs is 1. The largest absolute Gasteiger partial charge is 0.469 e. The highest BCUT2D eigenvalue weighted by Crippen LogP contribution is 2.33. The van der Waals surface area contributed by atoms with Gasteiger partial charge in [-0.2, -0.15) is 0 Å². The van der Waals surface area contributed by atoms with Gasteiger partial charge in [0.2, 0.25) is 0 Å². The van der Waals surface area contributed by atoms with Crippen molar-refractivity contribution in [3.8, 4) is 0 Å². The molecule has 1 amide bonds. The fourth-order valence-corrected chi connectivity index (χ4v) is 3.13. The van der Waals surface area contributed by atoms with Crippen molar-refractivity contribution in [2.24, 2.45) is 5.92 Å². The molecule has 0 spiro atoms. The molecule has 3 atom stereocenters. The van der Waals surface area contributed by atoms with Crippen LogP contribution < -0.4 is 0 Å². The van der Waals surface area contributed by atoms with Crippen LogP contribution >= 0.6 is 0 Å². The van der Waals surface area contributed by atoms with Crippen LogP contribution in [0.5, 0.6) is 0 Å². The number of carbonyl (C=O) groups is 1. The number of amides is 1. The van der Waals surface area contributed by atoms with E-state index in [1.807, 2.05) is 11.8 Å². The third-order valence-electron chi connectivity index (χ3n) is 4.11. The predicted octanol–water partition coefficient (Wildman–Crippen LogP) is 2.23. The van der Waals surface area contributed by atoms with Crippen molar-refractivity contribution in [1.82, 2.24) is 4.90 Å². The molecule has 0 unspecified atom stereocenters. The van der Waals surface area contributed by atoms with Crippen LogP contribution in [0.3, 0.4) is 0 Å². The number of rotatable bonds is 1. The first kappa shape index (κ1) is 11.8. The third-order valence-corrected chi connectivity index (χ3v) is 4.11. The average Bonchev–Trinajstić information content (AvgIpc) is 2.91. The van der Waals surface area contributed by atoms with E-state index in [0.29, 0.717) is 23.3 Å². The van der Waals surface area contributed by atoms with E-state index < -0.39 is 0 Å². The zero-order valence-electron chi connectivity index (χ0n) is 10.9. The lowest BCUT2D eigenvalue weighted by molar-refractivity contribution is 0.00151. The smallest absolute Gasteiger partial charge is 0.257 e. The molecule has 2 saturated heterocycles. The van der Waals surface area contributed by atoms with Crippen LogP contribution in [0, 0.1) is 12.8 Å². The molecule has 0 saturated carbocycles. The van der Waals surface area contributed by atoms with Crippen LogP contribution in [0.4, 0.5) is 0 Å². The van der Waals surface area contributed by atoms with Crippen molar-refractivity contribution in [3.63, 3.8) is 0 Å². The number of hydrogen-bond donors (Lipinski definition) is 0. The number of likely N-dealkylation sites (tertiary alicyclic amines) is 1. The van der Waals surface area contributed by atoms with Gasteiger partial charge in [-0.25, -0.2) is 0 Å². The summed E-state index contributed by atoms with van der Waals surface area (Å²) in [6.45, 7) is 5.50. The van der Waals surface area contributed by atoms with E-state index in [2.05, 4.69) is 6.92 Å². The minimum absolute atomic E-state index is 0.0721. The summed E-state index contributed by atoms with van der Waals surface area (Å²) in [5, 5.41) is 0. The molecule has 1 aromatic heterocycles. The van der Waals surface area contributed by atoms with Gasteiger partial charge in [-0.05, 0) is 38.7 Å². The van der Waals surface area contributed by atoms with Crippen LogP contribution in [0.15, 0.2) is 16.7 Å². The molecule has 18 heavy (non-hydrogen) atoms. The van der Waals surface area contributed by atoms with Gasteiger partial charge in [-0.1, -0.05) is 0 Å². The van der Waals surface area contributed by atoms with Gasteiger partial charge >= 0.3 is 0 Å². The van der Waals surface area contributed by atoms with E-state index in [-0.39, 0.29) is 12.0 Å². The van der Waals surface area contributed by atoms with Gasteiger partial charge in [0, 0.05) is 13.1 Å². The molecule has 0 aliphatic carbocycles. The predicted molar refractivity (Wildman–Crippen MR) is 66.4 cm³/mol. The molecule has 1 aromatic rings. The van der Waals surface area contributed by atoms with Gasteiger partial charge in [0.25, 0.3) is 5.91 Å². The quantitative estimate of drug-likeness (QED) is 0.766. The maximum Gasteiger partial charge on any atom is 0.257 e. The number of aryl methyl sites for hydroxylation is 1. The number of furan rings is 1. The summed E-state index contributed by atoms with van der Waals surface area (Å²) in [4.78, 5) is 14.3. The van der Waals surface area contributed by atoms with E-state index in [0.717, 1.165) is 25.9 Å². The second kappa shape index (κ2) is 4.43. The second-order valence-electron chi connectivity index (χ2n) is 5.41. The third kappa shape index (κ3) is 1.94. The second-order valence-corrected chi connectivity index (χ2v) is 5.41. The Morgan fingerprint density at radius 2 is 2.33 bits per heavy atom. The Hall–Kier alpha value is -1.29. The van der Waals surface area contributed by atoms with E-state index in [9.17, 15) is 4.79 Å². The first-order valence-corrected chi connectivity index (χ1v) is 6.64. The van der Waals surface area contributed by atoms with Crippen LogP contribution in [0.2, 0.25) is 0 Å². The molecule has 2 aliphatic heterocycles. The first-order valence-electron chi connectivity index (χ1n) is 6.64. The van der Waals surface area contributed by atoms with Gasteiger partial charge < -0.3 is 14.1 Å². The number of piperidine rings is 1. The molecule has 4 heteroatoms. The normalized spacial score (nSPS) is 31.4. The lowest BCUT2D eigenvalue weighted by Gasteiger charge is -2.34. The molecule has 0 N–H and O–H groups in total. The fourth-order valence-electron chi connectivity index (χ4n) is 3.13. The molecular weight excluding hydrogens is 230 g/mol. The molecule has 0 bridgehead atoms. The number of carbonyl (C=O) groups excluding carboxylic acids is 1. The van der Waals surface area contributed by atoms with Crippen molar-refractivity contribution >= 4 is 5.91 Å². The molecule has 98 valence electrons. The van der Waals surface area contributed by atoms with Gasteiger partial charge in [0.1, 0.15) is 5.76 Å². The maximum absolute atomic E-state index is 12.4. The number of hydrogen-bond acceptors (Lipinski definition) is 3. The summed E-state index contributed by atoms with van der Waals surface area (Å²) in [7, 11) is 0. The molecule has 0 aromatic carbocycles. The topological polar surface area (TPSA) is 42.7 Å². The van der Waals surface area contributed by atoms with Crippen molar-refractivity contribution in [1.29, 1.82) is 0 Å². The summed E-state index contributed by atoms with van der Waals surface area (Å²) in [5.41, 5.74) is 0.680. The summed E-state index contributed by atoms with van der Waals surface area (Å²) < 4.78 is 11.1. The number of ether oxygens (including phenoxy) is 1. The molecule has 0 radical (unpaired) electrons. The highest BCUT2D eigenvalue weighted by Gasteiger charge is 2.39. The van der Waals surface area contributed by atoms with Crippen molar-refractivity contribution in [2.45, 2.75) is 38.9 Å². The molecule has 3 heterocycles. The molecule has 3 rings (SSSR count). The lowest BCUT2D eigenvalue weighted by Crippen LogP contribution is -2.45. The van der Waals surface area contributed by atoms with Crippen molar-refractivity contribution in [3.05, 3.63) is 23.7 Å². The highest BCUT2D eigenvalue weighted by atomic mass is 16.5. The standard InChI is InChI=1S/C14H19NO3/c1-9-7-11-3-5-15(8-13(11)18-9)14(16)12-4-6-17-10(12)2/h4,6,9,11,13H,3,5,7-8H2,1-2H3/t9-,11-,13+/m0/s1. The summed E-state index contributed by atoms with van der Waals surface area (Å²) in [6.07, 6.45) is 4.33. The minimum atomic E-state index is 0.0721. The van der Waals surface area contributed by atoms with E-state index in [1.165, 1.54) is 0 Å². The van der Waals surface area contributed by atoms with Crippen molar-refractivity contribution in [2.75, 3.05) is 13.1 Å². The first-order chi connectivity index (χ1) is 8.65. The highest BCUT2D eigenvalue weighted by molar-refractivity contribution is 5.95. The zero-order chi connectivity index (χ0) is 12.7. The number of nitrogens with zero attached hydrogens (tertiary/aromatic N) is 1.